The quantitative estimate of drug-likeness (QED) is 0.514. The number of halogens is 2. The van der Waals surface area contributed by atoms with Gasteiger partial charge in [0, 0.05) is 30.9 Å². The number of carbonyl (C=O) groups excluding carboxylic acids is 1. The van der Waals surface area contributed by atoms with E-state index in [-0.39, 0.29) is 23.6 Å². The number of nitrogens with one attached hydrogen (secondary N) is 3. The predicted molar refractivity (Wildman–Crippen MR) is 105 cm³/mol. The normalized spacial score (nSPS) is 26.1. The van der Waals surface area contributed by atoms with Gasteiger partial charge in [0.2, 0.25) is 5.96 Å². The van der Waals surface area contributed by atoms with Crippen molar-refractivity contribution in [3.8, 4) is 0 Å². The number of anilines is 1. The fourth-order valence-corrected chi connectivity index (χ4v) is 5.38. The molecule has 28 heavy (non-hydrogen) atoms. The zero-order valence-corrected chi connectivity index (χ0v) is 16.2. The lowest BCUT2D eigenvalue weighted by Gasteiger charge is -2.48. The zero-order valence-electron chi connectivity index (χ0n) is 14.6. The number of amides is 1. The van der Waals surface area contributed by atoms with Crippen LogP contribution in [0.2, 0.25) is 5.02 Å². The molecule has 1 aromatic carbocycles. The largest absolute Gasteiger partial charge is 0.343 e. The third-order valence-electron chi connectivity index (χ3n) is 5.00. The third-order valence-corrected chi connectivity index (χ3v) is 7.55. The summed E-state index contributed by atoms with van der Waals surface area (Å²) in [6.07, 6.45) is 1.61. The SMILES string of the molecule is CN1C(=N)NC2(c3cc(NC(=O)c4ccc(Cl)cn4)ccc3F)CC2S1(O)O. The van der Waals surface area contributed by atoms with Crippen molar-refractivity contribution < 1.29 is 18.3 Å². The first-order valence-corrected chi connectivity index (χ1v) is 10.2. The van der Waals surface area contributed by atoms with E-state index in [4.69, 9.17) is 17.0 Å². The Labute approximate surface area is 166 Å². The maximum absolute atomic E-state index is 14.6. The highest BCUT2D eigenvalue weighted by molar-refractivity contribution is 8.23. The van der Waals surface area contributed by atoms with E-state index in [0.29, 0.717) is 10.7 Å². The fraction of sp³-hybridized carbons (Fsp3) is 0.235. The molecule has 1 aliphatic heterocycles. The Hall–Kier alpha value is -2.40. The first-order valence-electron chi connectivity index (χ1n) is 8.26. The lowest BCUT2D eigenvalue weighted by molar-refractivity contribution is 0.102. The molecular formula is C17H17ClFN5O3S. The summed E-state index contributed by atoms with van der Waals surface area (Å²) in [5, 5.41) is 13.2. The predicted octanol–water partition coefficient (Wildman–Crippen LogP) is 3.23. The molecular weight excluding hydrogens is 409 g/mol. The standard InChI is InChI=1S/C17H17ClFN5O3S/c1-24-16(20)23-17(7-14(17)28(24,26)27)11-6-10(3-4-12(11)19)22-15(25)13-5-2-9(18)8-21-13/h2-6,8,14,26-27H,7H2,1H3,(H2,20,23)(H,22,25). The summed E-state index contributed by atoms with van der Waals surface area (Å²) >= 11 is 5.76. The van der Waals surface area contributed by atoms with Crippen LogP contribution in [0.4, 0.5) is 10.1 Å². The molecule has 2 fully saturated rings. The topological polar surface area (TPSA) is 122 Å². The molecule has 148 valence electrons. The molecule has 2 aromatic rings. The second kappa shape index (κ2) is 6.31. The van der Waals surface area contributed by atoms with E-state index in [2.05, 4.69) is 15.6 Å². The summed E-state index contributed by atoms with van der Waals surface area (Å²) in [6.45, 7) is 0. The van der Waals surface area contributed by atoms with Crippen LogP contribution < -0.4 is 10.6 Å². The molecule has 0 radical (unpaired) electrons. The van der Waals surface area contributed by atoms with E-state index in [1.807, 2.05) is 0 Å². The molecule has 2 heterocycles. The number of fused-ring (bicyclic) bond motifs is 1. The van der Waals surface area contributed by atoms with Gasteiger partial charge in [0.15, 0.2) is 0 Å². The van der Waals surface area contributed by atoms with Gasteiger partial charge in [0.25, 0.3) is 5.91 Å². The van der Waals surface area contributed by atoms with Crippen LogP contribution in [-0.2, 0) is 5.54 Å². The minimum Gasteiger partial charge on any atom is -0.343 e. The molecule has 4 rings (SSSR count). The first-order chi connectivity index (χ1) is 13.1. The third kappa shape index (κ3) is 2.89. The monoisotopic (exact) mass is 425 g/mol. The van der Waals surface area contributed by atoms with Crippen LogP contribution in [-0.4, -0.2) is 42.6 Å². The Balaban J connectivity index is 1.63. The molecule has 2 atom stereocenters. The summed E-state index contributed by atoms with van der Waals surface area (Å²) < 4.78 is 36.5. The lowest BCUT2D eigenvalue weighted by atomic mass is 10.0. The summed E-state index contributed by atoms with van der Waals surface area (Å²) in [5.74, 6) is -1.26. The molecule has 2 unspecified atom stereocenters. The molecule has 2 aliphatic rings. The van der Waals surface area contributed by atoms with Crippen LogP contribution >= 0.6 is 22.4 Å². The highest BCUT2D eigenvalue weighted by Gasteiger charge is 2.68. The molecule has 11 heteroatoms. The van der Waals surface area contributed by atoms with Gasteiger partial charge in [-0.2, -0.15) is 0 Å². The van der Waals surface area contributed by atoms with Crippen LogP contribution in [0.1, 0.15) is 22.5 Å². The Bertz CT molecular complexity index is 989. The molecule has 1 aliphatic carbocycles. The van der Waals surface area contributed by atoms with Crippen molar-refractivity contribution in [2.24, 2.45) is 0 Å². The second-order valence-electron chi connectivity index (χ2n) is 6.71. The number of benzene rings is 1. The van der Waals surface area contributed by atoms with E-state index < -0.39 is 33.3 Å². The van der Waals surface area contributed by atoms with Crippen molar-refractivity contribution in [3.63, 3.8) is 0 Å². The van der Waals surface area contributed by atoms with Crippen LogP contribution in [0.25, 0.3) is 0 Å². The Morgan fingerprint density at radius 3 is 2.89 bits per heavy atom. The number of nitrogens with zero attached hydrogens (tertiary/aromatic N) is 2. The van der Waals surface area contributed by atoms with Crippen LogP contribution in [0.5, 0.6) is 0 Å². The summed E-state index contributed by atoms with van der Waals surface area (Å²) in [7, 11) is -1.85. The minimum absolute atomic E-state index is 0.145. The van der Waals surface area contributed by atoms with Gasteiger partial charge in [-0.3, -0.25) is 19.3 Å². The number of hydrogen-bond donors (Lipinski definition) is 5. The number of guanidine groups is 1. The van der Waals surface area contributed by atoms with Gasteiger partial charge >= 0.3 is 0 Å². The van der Waals surface area contributed by atoms with Crippen molar-refractivity contribution in [2.75, 3.05) is 12.4 Å². The molecule has 1 amide bonds. The van der Waals surface area contributed by atoms with Gasteiger partial charge in [0.1, 0.15) is 11.5 Å². The van der Waals surface area contributed by atoms with Gasteiger partial charge in [-0.1, -0.05) is 11.6 Å². The van der Waals surface area contributed by atoms with Crippen LogP contribution in [0.15, 0.2) is 36.5 Å². The molecule has 8 nitrogen and oxygen atoms in total. The van der Waals surface area contributed by atoms with E-state index in [1.165, 1.54) is 43.6 Å². The van der Waals surface area contributed by atoms with Gasteiger partial charge in [-0.15, -0.1) is 10.8 Å². The zero-order chi connectivity index (χ0) is 20.3. The van der Waals surface area contributed by atoms with E-state index >= 15 is 0 Å². The maximum Gasteiger partial charge on any atom is 0.274 e. The Kier molecular flexibility index (Phi) is 4.27. The van der Waals surface area contributed by atoms with Gasteiger partial charge in [-0.25, -0.2) is 13.7 Å². The highest BCUT2D eigenvalue weighted by atomic mass is 35.5. The van der Waals surface area contributed by atoms with Gasteiger partial charge < -0.3 is 10.6 Å². The average molecular weight is 426 g/mol. The number of aromatic nitrogens is 1. The number of hydrogen-bond acceptors (Lipinski definition) is 5. The van der Waals surface area contributed by atoms with E-state index in [9.17, 15) is 18.3 Å². The van der Waals surface area contributed by atoms with Gasteiger partial charge in [0.05, 0.1) is 15.8 Å². The van der Waals surface area contributed by atoms with Crippen molar-refractivity contribution in [1.29, 1.82) is 5.41 Å². The maximum atomic E-state index is 14.6. The van der Waals surface area contributed by atoms with Crippen LogP contribution in [0.3, 0.4) is 0 Å². The molecule has 0 bridgehead atoms. The summed E-state index contributed by atoms with van der Waals surface area (Å²) in [5.41, 5.74) is -0.462. The number of rotatable bonds is 3. The Morgan fingerprint density at radius 1 is 1.46 bits per heavy atom. The number of carbonyl (C=O) groups is 1. The molecule has 1 aromatic heterocycles. The second-order valence-corrected chi connectivity index (χ2v) is 9.38. The fourth-order valence-electron chi connectivity index (χ4n) is 3.36. The first kappa shape index (κ1) is 18.9. The van der Waals surface area contributed by atoms with E-state index in [1.54, 1.807) is 0 Å². The van der Waals surface area contributed by atoms with Crippen molar-refractivity contribution in [1.82, 2.24) is 14.6 Å². The summed E-state index contributed by atoms with van der Waals surface area (Å²) in [6, 6.07) is 7.03. The van der Waals surface area contributed by atoms with Crippen molar-refractivity contribution in [3.05, 3.63) is 58.6 Å². The van der Waals surface area contributed by atoms with Crippen molar-refractivity contribution in [2.45, 2.75) is 17.2 Å². The van der Waals surface area contributed by atoms with Gasteiger partial charge in [-0.05, 0) is 30.3 Å². The van der Waals surface area contributed by atoms with Crippen LogP contribution in [0, 0.1) is 11.2 Å². The lowest BCUT2D eigenvalue weighted by Crippen LogP contribution is -2.52. The Morgan fingerprint density at radius 2 is 2.21 bits per heavy atom. The molecule has 1 saturated heterocycles. The molecule has 0 spiro atoms. The minimum atomic E-state index is -3.25. The van der Waals surface area contributed by atoms with E-state index in [0.717, 1.165) is 4.31 Å². The average Bonchev–Trinajstić information content (AvgIpc) is 3.39. The summed E-state index contributed by atoms with van der Waals surface area (Å²) in [4.78, 5) is 16.3. The molecule has 1 saturated carbocycles. The van der Waals surface area contributed by atoms with Crippen molar-refractivity contribution >= 4 is 39.9 Å². The number of pyridine rings is 1. The smallest absolute Gasteiger partial charge is 0.274 e. The molecule has 5 N–H and O–H groups in total. The highest BCUT2D eigenvalue weighted by Crippen LogP contribution is 2.69.